The van der Waals surface area contributed by atoms with Crippen molar-refractivity contribution < 1.29 is 19.1 Å². The average molecular weight is 585 g/mol. The molecule has 0 radical (unpaired) electrons. The number of urea groups is 1. The van der Waals surface area contributed by atoms with Crippen LogP contribution in [-0.2, 0) is 4.74 Å². The fourth-order valence-electron chi connectivity index (χ4n) is 4.75. The molecule has 0 saturated carbocycles. The Morgan fingerprint density at radius 3 is 2.55 bits per heavy atom. The maximum absolute atomic E-state index is 12.8. The lowest BCUT2D eigenvalue weighted by atomic mass is 9.96. The van der Waals surface area contributed by atoms with Gasteiger partial charge in [0.15, 0.2) is 0 Å². The van der Waals surface area contributed by atoms with Crippen molar-refractivity contribution in [3.8, 4) is 5.75 Å². The number of hydrogen-bond donors (Lipinski definition) is 3. The molecule has 4 N–H and O–H groups in total. The van der Waals surface area contributed by atoms with Gasteiger partial charge in [0.05, 0.1) is 46.1 Å². The van der Waals surface area contributed by atoms with E-state index >= 15 is 0 Å². The normalized spacial score (nSPS) is 18.7. The number of nitrogen functional groups attached to an aromatic ring is 1. The number of morpholine rings is 1. The zero-order valence-electron chi connectivity index (χ0n) is 21.1. The van der Waals surface area contributed by atoms with E-state index in [4.69, 9.17) is 50.0 Å². The van der Waals surface area contributed by atoms with Gasteiger partial charge in [0.1, 0.15) is 5.75 Å². The zero-order valence-corrected chi connectivity index (χ0v) is 23.4. The van der Waals surface area contributed by atoms with E-state index in [1.807, 2.05) is 4.90 Å². The number of rotatable bonds is 7. The van der Waals surface area contributed by atoms with Crippen LogP contribution >= 0.6 is 34.8 Å². The van der Waals surface area contributed by atoms with E-state index in [0.717, 1.165) is 32.5 Å². The van der Waals surface area contributed by atoms with Gasteiger partial charge in [-0.05, 0) is 43.0 Å². The number of carbonyl (C=O) groups is 2. The van der Waals surface area contributed by atoms with Crippen LogP contribution in [0.15, 0.2) is 30.3 Å². The lowest BCUT2D eigenvalue weighted by Gasteiger charge is -2.38. The summed E-state index contributed by atoms with van der Waals surface area (Å²) in [5.41, 5.74) is 7.11. The molecule has 2 aliphatic heterocycles. The van der Waals surface area contributed by atoms with Crippen molar-refractivity contribution in [1.82, 2.24) is 15.1 Å². The molecule has 2 aliphatic rings. The molecule has 9 nitrogen and oxygen atoms in total. The first kappa shape index (κ1) is 28.6. The molecule has 0 aromatic heterocycles. The van der Waals surface area contributed by atoms with Gasteiger partial charge < -0.3 is 30.7 Å². The number of benzene rings is 2. The highest BCUT2D eigenvalue weighted by Gasteiger charge is 2.28. The summed E-state index contributed by atoms with van der Waals surface area (Å²) >= 11 is 18.1. The highest BCUT2D eigenvalue weighted by molar-refractivity contribution is 6.42. The van der Waals surface area contributed by atoms with Gasteiger partial charge in [-0.1, -0.05) is 34.8 Å². The topological polar surface area (TPSA) is 109 Å². The number of nitrogens with two attached hydrogens (primary N) is 1. The number of anilines is 2. The predicted molar refractivity (Wildman–Crippen MR) is 151 cm³/mol. The molecule has 4 rings (SSSR count). The van der Waals surface area contributed by atoms with E-state index in [9.17, 15) is 9.59 Å². The largest absolute Gasteiger partial charge is 0.496 e. The molecule has 2 aromatic rings. The number of amides is 3. The van der Waals surface area contributed by atoms with E-state index in [0.29, 0.717) is 69.9 Å². The number of carbonyl (C=O) groups excluding carboxylic acids is 2. The van der Waals surface area contributed by atoms with Gasteiger partial charge in [0, 0.05) is 51.0 Å². The SMILES string of the molecule is COc1cc(N)c(Cl)cc1C(=O)NCC1CN(CC2CCN(C(=O)Nc3ccc(Cl)c(Cl)c3)CC2)CCO1. The Labute approximate surface area is 237 Å². The molecule has 12 heteroatoms. The molecular formula is C26H32Cl3N5O4. The Bertz CT molecular complexity index is 1160. The summed E-state index contributed by atoms with van der Waals surface area (Å²) in [6, 6.07) is 7.96. The summed E-state index contributed by atoms with van der Waals surface area (Å²) in [5.74, 6) is 0.558. The fraction of sp³-hybridized carbons (Fsp3) is 0.462. The summed E-state index contributed by atoms with van der Waals surface area (Å²) < 4.78 is 11.2. The minimum absolute atomic E-state index is 0.125. The van der Waals surface area contributed by atoms with E-state index < -0.39 is 0 Å². The van der Waals surface area contributed by atoms with Crippen LogP contribution in [0.25, 0.3) is 0 Å². The summed E-state index contributed by atoms with van der Waals surface area (Å²) in [7, 11) is 1.48. The molecule has 3 amide bonds. The van der Waals surface area contributed by atoms with Crippen LogP contribution < -0.4 is 21.1 Å². The minimum atomic E-state index is -0.295. The Balaban J connectivity index is 1.21. The van der Waals surface area contributed by atoms with Gasteiger partial charge >= 0.3 is 6.03 Å². The molecule has 2 saturated heterocycles. The zero-order chi connectivity index (χ0) is 27.2. The molecule has 1 atom stereocenters. The molecule has 2 fully saturated rings. The van der Waals surface area contributed by atoms with Crippen LogP contribution in [-0.4, -0.2) is 80.8 Å². The third-order valence-electron chi connectivity index (χ3n) is 6.87. The molecule has 2 aromatic carbocycles. The molecule has 0 spiro atoms. The maximum atomic E-state index is 12.8. The van der Waals surface area contributed by atoms with Crippen molar-refractivity contribution in [3.05, 3.63) is 51.0 Å². The van der Waals surface area contributed by atoms with Crippen LogP contribution in [0.2, 0.25) is 15.1 Å². The van der Waals surface area contributed by atoms with Crippen molar-refractivity contribution >= 4 is 58.1 Å². The first-order valence-electron chi connectivity index (χ1n) is 12.5. The molecule has 2 heterocycles. The summed E-state index contributed by atoms with van der Waals surface area (Å²) in [6.45, 7) is 4.83. The second kappa shape index (κ2) is 13.1. The van der Waals surface area contributed by atoms with Crippen LogP contribution in [0.5, 0.6) is 5.75 Å². The lowest BCUT2D eigenvalue weighted by molar-refractivity contribution is -0.0330. The smallest absolute Gasteiger partial charge is 0.321 e. The predicted octanol–water partition coefficient (Wildman–Crippen LogP) is 4.61. The van der Waals surface area contributed by atoms with E-state index in [-0.39, 0.29) is 18.0 Å². The Morgan fingerprint density at radius 1 is 1.08 bits per heavy atom. The second-order valence-electron chi connectivity index (χ2n) is 9.53. The number of nitrogens with zero attached hydrogens (tertiary/aromatic N) is 2. The number of likely N-dealkylation sites (tertiary alicyclic amines) is 1. The average Bonchev–Trinajstić information content (AvgIpc) is 2.91. The number of piperidine rings is 1. The Hall–Kier alpha value is -2.43. The van der Waals surface area contributed by atoms with Crippen LogP contribution in [0.4, 0.5) is 16.2 Å². The molecule has 0 aliphatic carbocycles. The first-order valence-corrected chi connectivity index (χ1v) is 13.6. The third-order valence-corrected chi connectivity index (χ3v) is 7.93. The van der Waals surface area contributed by atoms with E-state index in [2.05, 4.69) is 15.5 Å². The maximum Gasteiger partial charge on any atom is 0.321 e. The van der Waals surface area contributed by atoms with Crippen LogP contribution in [0, 0.1) is 5.92 Å². The quantitative estimate of drug-likeness (QED) is 0.410. The van der Waals surface area contributed by atoms with Gasteiger partial charge in [0.25, 0.3) is 5.91 Å². The minimum Gasteiger partial charge on any atom is -0.496 e. The van der Waals surface area contributed by atoms with E-state index in [1.54, 1.807) is 18.2 Å². The molecule has 206 valence electrons. The van der Waals surface area contributed by atoms with Gasteiger partial charge in [-0.3, -0.25) is 9.69 Å². The highest BCUT2D eigenvalue weighted by Crippen LogP contribution is 2.29. The van der Waals surface area contributed by atoms with Crippen molar-refractivity contribution in [2.45, 2.75) is 18.9 Å². The van der Waals surface area contributed by atoms with Crippen molar-refractivity contribution in [1.29, 1.82) is 0 Å². The van der Waals surface area contributed by atoms with Gasteiger partial charge in [-0.2, -0.15) is 0 Å². The third kappa shape index (κ3) is 7.36. The van der Waals surface area contributed by atoms with Crippen molar-refractivity contribution in [3.63, 3.8) is 0 Å². The van der Waals surface area contributed by atoms with Crippen LogP contribution in [0.1, 0.15) is 23.2 Å². The van der Waals surface area contributed by atoms with Gasteiger partial charge in [-0.25, -0.2) is 4.79 Å². The summed E-state index contributed by atoms with van der Waals surface area (Å²) in [4.78, 5) is 29.6. The van der Waals surface area contributed by atoms with Crippen LogP contribution in [0.3, 0.4) is 0 Å². The van der Waals surface area contributed by atoms with Crippen molar-refractivity contribution in [2.24, 2.45) is 5.92 Å². The van der Waals surface area contributed by atoms with E-state index in [1.165, 1.54) is 19.2 Å². The van der Waals surface area contributed by atoms with Gasteiger partial charge in [-0.15, -0.1) is 0 Å². The van der Waals surface area contributed by atoms with Crippen molar-refractivity contribution in [2.75, 3.05) is 64.0 Å². The first-order chi connectivity index (χ1) is 18.2. The molecular weight excluding hydrogens is 553 g/mol. The number of halogens is 3. The molecule has 38 heavy (non-hydrogen) atoms. The fourth-order valence-corrected chi connectivity index (χ4v) is 5.21. The number of ether oxygens (including phenoxy) is 2. The summed E-state index contributed by atoms with van der Waals surface area (Å²) in [6.07, 6.45) is 1.72. The molecule has 0 bridgehead atoms. The van der Waals surface area contributed by atoms with Gasteiger partial charge in [0.2, 0.25) is 0 Å². The Morgan fingerprint density at radius 2 is 1.84 bits per heavy atom. The standard InChI is InChI=1S/C26H32Cl3N5O4/c1-37-24-12-23(30)22(29)11-19(24)25(35)31-13-18-15-33(8-9-38-18)14-16-4-6-34(7-5-16)26(36)32-17-2-3-20(27)21(28)10-17/h2-3,10-12,16,18H,4-9,13-15,30H2,1H3,(H,31,35)(H,32,36). The monoisotopic (exact) mass is 583 g/mol. The second-order valence-corrected chi connectivity index (χ2v) is 10.7. The number of hydrogen-bond acceptors (Lipinski definition) is 6. The lowest BCUT2D eigenvalue weighted by Crippen LogP contribution is -2.50. The number of nitrogens with one attached hydrogen (secondary N) is 2. The highest BCUT2D eigenvalue weighted by atomic mass is 35.5. The Kier molecular flexibility index (Phi) is 9.84. The summed E-state index contributed by atoms with van der Waals surface area (Å²) in [5, 5.41) is 6.97. The molecule has 1 unspecified atom stereocenters. The number of methoxy groups -OCH3 is 1.